The third-order valence-corrected chi connectivity index (χ3v) is 5.12. The number of fused-ring (bicyclic) bond motifs is 1. The van der Waals surface area contributed by atoms with Gasteiger partial charge in [-0.15, -0.1) is 0 Å². The molecule has 0 radical (unpaired) electrons. The Morgan fingerprint density at radius 1 is 1.07 bits per heavy atom. The second kappa shape index (κ2) is 7.05. The van der Waals surface area contributed by atoms with E-state index in [1.165, 1.54) is 6.20 Å². The predicted octanol–water partition coefficient (Wildman–Crippen LogP) is 3.50. The van der Waals surface area contributed by atoms with E-state index in [0.29, 0.717) is 22.2 Å². The molecule has 0 aliphatic carbocycles. The molecule has 7 heteroatoms. The molecule has 4 aromatic rings. The number of amides is 2. The van der Waals surface area contributed by atoms with Gasteiger partial charge in [0, 0.05) is 17.4 Å². The summed E-state index contributed by atoms with van der Waals surface area (Å²) in [6.45, 7) is 0.571. The molecule has 134 valence electrons. The summed E-state index contributed by atoms with van der Waals surface area (Å²) in [7, 11) is 0. The SMILES string of the molecule is NC(=O)c1cnc(NC(=O)c2cc3ccccc3n2Cc2ccccc2)s1. The van der Waals surface area contributed by atoms with E-state index in [9.17, 15) is 9.59 Å². The van der Waals surface area contributed by atoms with Crippen molar-refractivity contribution in [3.63, 3.8) is 0 Å². The Balaban J connectivity index is 1.70. The highest BCUT2D eigenvalue weighted by Gasteiger charge is 2.17. The first-order valence-corrected chi connectivity index (χ1v) is 9.12. The molecular formula is C20H16N4O2S. The summed E-state index contributed by atoms with van der Waals surface area (Å²) in [4.78, 5) is 28.5. The van der Waals surface area contributed by atoms with Gasteiger partial charge in [-0.3, -0.25) is 14.9 Å². The van der Waals surface area contributed by atoms with Crippen LogP contribution in [0.4, 0.5) is 5.13 Å². The number of hydrogen-bond donors (Lipinski definition) is 2. The van der Waals surface area contributed by atoms with Crippen LogP contribution in [0.25, 0.3) is 10.9 Å². The van der Waals surface area contributed by atoms with Gasteiger partial charge in [-0.1, -0.05) is 59.9 Å². The number of aromatic nitrogens is 2. The lowest BCUT2D eigenvalue weighted by atomic mass is 10.2. The second-order valence-corrected chi connectivity index (χ2v) is 7.04. The fourth-order valence-electron chi connectivity index (χ4n) is 2.94. The van der Waals surface area contributed by atoms with Gasteiger partial charge in [0.25, 0.3) is 11.8 Å². The molecule has 3 N–H and O–H groups in total. The van der Waals surface area contributed by atoms with Crippen molar-refractivity contribution >= 4 is 39.2 Å². The first-order chi connectivity index (χ1) is 13.1. The smallest absolute Gasteiger partial charge is 0.274 e. The minimum atomic E-state index is -0.564. The number of anilines is 1. The molecule has 6 nitrogen and oxygen atoms in total. The summed E-state index contributed by atoms with van der Waals surface area (Å²) < 4.78 is 1.97. The number of nitrogens with zero attached hydrogens (tertiary/aromatic N) is 2. The number of nitrogens with one attached hydrogen (secondary N) is 1. The Morgan fingerprint density at radius 3 is 2.56 bits per heavy atom. The molecule has 0 aliphatic rings. The number of carbonyl (C=O) groups excluding carboxylic acids is 2. The van der Waals surface area contributed by atoms with Gasteiger partial charge in [-0.2, -0.15) is 0 Å². The first-order valence-electron chi connectivity index (χ1n) is 8.31. The maximum Gasteiger partial charge on any atom is 0.274 e. The summed E-state index contributed by atoms with van der Waals surface area (Å²) in [6.07, 6.45) is 1.36. The molecule has 0 bridgehead atoms. The van der Waals surface area contributed by atoms with E-state index in [2.05, 4.69) is 10.3 Å². The standard InChI is InChI=1S/C20H16N4O2S/c21-18(25)17-11-22-20(27-17)23-19(26)16-10-14-8-4-5-9-15(14)24(16)12-13-6-2-1-3-7-13/h1-11H,12H2,(H2,21,25)(H,22,23,26). The van der Waals surface area contributed by atoms with Crippen molar-refractivity contribution in [3.8, 4) is 0 Å². The molecule has 27 heavy (non-hydrogen) atoms. The number of carbonyl (C=O) groups is 2. The van der Waals surface area contributed by atoms with E-state index in [1.54, 1.807) is 0 Å². The summed E-state index contributed by atoms with van der Waals surface area (Å²) in [6, 6.07) is 19.7. The van der Waals surface area contributed by atoms with E-state index in [4.69, 9.17) is 5.73 Å². The molecule has 0 fully saturated rings. The summed E-state index contributed by atoms with van der Waals surface area (Å²) >= 11 is 1.05. The number of hydrogen-bond acceptors (Lipinski definition) is 4. The Bertz CT molecular complexity index is 1130. The average molecular weight is 376 g/mol. The number of thiazole rings is 1. The number of primary amides is 1. The van der Waals surface area contributed by atoms with E-state index < -0.39 is 5.91 Å². The fourth-order valence-corrected chi connectivity index (χ4v) is 3.61. The quantitative estimate of drug-likeness (QED) is 0.559. The van der Waals surface area contributed by atoms with Gasteiger partial charge in [0.05, 0.1) is 6.20 Å². The Kier molecular flexibility index (Phi) is 4.43. The van der Waals surface area contributed by atoms with Crippen LogP contribution in [-0.4, -0.2) is 21.4 Å². The lowest BCUT2D eigenvalue weighted by Gasteiger charge is -2.10. The zero-order chi connectivity index (χ0) is 18.8. The molecule has 0 atom stereocenters. The Labute approximate surface area is 159 Å². The van der Waals surface area contributed by atoms with Crippen molar-refractivity contribution in [2.24, 2.45) is 5.73 Å². The Morgan fingerprint density at radius 2 is 1.81 bits per heavy atom. The van der Waals surface area contributed by atoms with Crippen LogP contribution in [0.5, 0.6) is 0 Å². The molecule has 4 rings (SSSR count). The maximum absolute atomic E-state index is 12.9. The zero-order valence-electron chi connectivity index (χ0n) is 14.3. The summed E-state index contributed by atoms with van der Waals surface area (Å²) in [5.41, 5.74) is 7.84. The lowest BCUT2D eigenvalue weighted by Crippen LogP contribution is -2.17. The van der Waals surface area contributed by atoms with Crippen molar-refractivity contribution in [1.29, 1.82) is 0 Å². The van der Waals surface area contributed by atoms with Crippen molar-refractivity contribution in [2.45, 2.75) is 6.54 Å². The molecule has 2 heterocycles. The van der Waals surface area contributed by atoms with Crippen molar-refractivity contribution in [1.82, 2.24) is 9.55 Å². The van der Waals surface area contributed by atoms with Crippen LogP contribution >= 0.6 is 11.3 Å². The largest absolute Gasteiger partial charge is 0.365 e. The number of benzene rings is 2. The van der Waals surface area contributed by atoms with Gasteiger partial charge < -0.3 is 10.3 Å². The highest BCUT2D eigenvalue weighted by Crippen LogP contribution is 2.24. The Hall–Kier alpha value is -3.45. The minimum absolute atomic E-state index is 0.285. The molecule has 0 saturated carbocycles. The number of nitrogens with two attached hydrogens (primary N) is 1. The molecule has 0 spiro atoms. The maximum atomic E-state index is 12.9. The first kappa shape index (κ1) is 17.0. The highest BCUT2D eigenvalue weighted by molar-refractivity contribution is 7.17. The molecule has 0 aliphatic heterocycles. The van der Waals surface area contributed by atoms with E-state index in [0.717, 1.165) is 27.8 Å². The van der Waals surface area contributed by atoms with Gasteiger partial charge >= 0.3 is 0 Å². The van der Waals surface area contributed by atoms with Crippen molar-refractivity contribution in [3.05, 3.63) is 83.0 Å². The highest BCUT2D eigenvalue weighted by atomic mass is 32.1. The molecule has 2 amide bonds. The second-order valence-electron chi connectivity index (χ2n) is 6.01. The van der Waals surface area contributed by atoms with Crippen LogP contribution in [0.3, 0.4) is 0 Å². The van der Waals surface area contributed by atoms with Gasteiger partial charge in [0.15, 0.2) is 5.13 Å². The van der Waals surface area contributed by atoms with Crippen LogP contribution in [-0.2, 0) is 6.54 Å². The van der Waals surface area contributed by atoms with E-state index in [-0.39, 0.29) is 5.91 Å². The predicted molar refractivity (Wildman–Crippen MR) is 106 cm³/mol. The van der Waals surface area contributed by atoms with Gasteiger partial charge in [0.1, 0.15) is 10.6 Å². The molecular weight excluding hydrogens is 360 g/mol. The van der Waals surface area contributed by atoms with Crippen molar-refractivity contribution in [2.75, 3.05) is 5.32 Å². The summed E-state index contributed by atoms with van der Waals surface area (Å²) in [5.74, 6) is -0.848. The van der Waals surface area contributed by atoms with Crippen LogP contribution < -0.4 is 11.1 Å². The van der Waals surface area contributed by atoms with Crippen LogP contribution in [0.1, 0.15) is 25.7 Å². The molecule has 2 aromatic carbocycles. The monoisotopic (exact) mass is 376 g/mol. The van der Waals surface area contributed by atoms with E-state index >= 15 is 0 Å². The van der Waals surface area contributed by atoms with Crippen molar-refractivity contribution < 1.29 is 9.59 Å². The topological polar surface area (TPSA) is 90.0 Å². The average Bonchev–Trinajstić information content (AvgIpc) is 3.28. The van der Waals surface area contributed by atoms with Gasteiger partial charge in [0.2, 0.25) is 0 Å². The zero-order valence-corrected chi connectivity index (χ0v) is 15.1. The number of rotatable bonds is 5. The fraction of sp³-hybridized carbons (Fsp3) is 0.0500. The van der Waals surface area contributed by atoms with Crippen LogP contribution in [0.2, 0.25) is 0 Å². The third-order valence-electron chi connectivity index (χ3n) is 4.20. The normalized spacial score (nSPS) is 10.8. The van der Waals surface area contributed by atoms with Crippen LogP contribution in [0, 0.1) is 0 Å². The molecule has 0 saturated heterocycles. The molecule has 2 aromatic heterocycles. The minimum Gasteiger partial charge on any atom is -0.365 e. The summed E-state index contributed by atoms with van der Waals surface area (Å²) in [5, 5.41) is 4.08. The third kappa shape index (κ3) is 3.45. The molecule has 0 unspecified atom stereocenters. The van der Waals surface area contributed by atoms with E-state index in [1.807, 2.05) is 65.2 Å². The van der Waals surface area contributed by atoms with Gasteiger partial charge in [-0.05, 0) is 17.7 Å². The lowest BCUT2D eigenvalue weighted by molar-refractivity contribution is 0.0999. The van der Waals surface area contributed by atoms with Gasteiger partial charge in [-0.25, -0.2) is 4.98 Å². The van der Waals surface area contributed by atoms with Crippen LogP contribution in [0.15, 0.2) is 66.9 Å². The number of para-hydroxylation sites is 1.